The highest BCUT2D eigenvalue weighted by Crippen LogP contribution is 2.24. The second-order valence-corrected chi connectivity index (χ2v) is 7.49. The fourth-order valence-electron chi connectivity index (χ4n) is 3.37. The molecule has 1 fully saturated rings. The Kier molecular flexibility index (Phi) is 5.02. The molecule has 1 aliphatic rings. The molecule has 3 heterocycles. The number of anilines is 1. The zero-order valence-electron chi connectivity index (χ0n) is 14.7. The van der Waals surface area contributed by atoms with Crippen molar-refractivity contribution in [1.29, 1.82) is 0 Å². The van der Waals surface area contributed by atoms with Crippen molar-refractivity contribution in [3.05, 3.63) is 65.4 Å². The number of aromatic nitrogens is 2. The smallest absolute Gasteiger partial charge is 0.263 e. The van der Waals surface area contributed by atoms with E-state index < -0.39 is 0 Å². The minimum atomic E-state index is -0.210. The van der Waals surface area contributed by atoms with Gasteiger partial charge in [0.1, 0.15) is 0 Å². The number of para-hydroxylation sites is 2. The molecule has 1 atom stereocenters. The molecule has 6 nitrogen and oxygen atoms in total. The van der Waals surface area contributed by atoms with E-state index in [1.165, 1.54) is 11.3 Å². The first kappa shape index (κ1) is 17.5. The number of nitrogens with zero attached hydrogens (tertiary/aromatic N) is 3. The predicted octanol–water partition coefficient (Wildman–Crippen LogP) is 3.42. The molecule has 1 unspecified atom stereocenters. The second kappa shape index (κ2) is 7.75. The molecule has 1 saturated heterocycles. The number of likely N-dealkylation sites (tertiary alicyclic amines) is 1. The molecule has 0 spiro atoms. The Morgan fingerprint density at radius 1 is 1.19 bits per heavy atom. The second-order valence-electron chi connectivity index (χ2n) is 6.54. The van der Waals surface area contributed by atoms with Gasteiger partial charge in [-0.2, -0.15) is 0 Å². The van der Waals surface area contributed by atoms with Crippen LogP contribution in [0.4, 0.5) is 5.69 Å². The Morgan fingerprint density at radius 2 is 2.07 bits per heavy atom. The van der Waals surface area contributed by atoms with Crippen LogP contribution in [0, 0.1) is 5.92 Å². The first-order valence-corrected chi connectivity index (χ1v) is 9.81. The van der Waals surface area contributed by atoms with Crippen LogP contribution in [-0.4, -0.2) is 39.4 Å². The molecule has 0 radical (unpaired) electrons. The fourth-order valence-corrected chi connectivity index (χ4v) is 4.06. The van der Waals surface area contributed by atoms with Crippen molar-refractivity contribution in [1.82, 2.24) is 14.5 Å². The van der Waals surface area contributed by atoms with Crippen LogP contribution in [0.2, 0.25) is 0 Å². The number of piperidine rings is 1. The molecule has 1 aliphatic heterocycles. The lowest BCUT2D eigenvalue weighted by atomic mass is 9.96. The van der Waals surface area contributed by atoms with Gasteiger partial charge in [0.05, 0.1) is 28.5 Å². The summed E-state index contributed by atoms with van der Waals surface area (Å²) in [5.41, 5.74) is 1.60. The minimum absolute atomic E-state index is 0.0151. The molecular weight excluding hydrogens is 360 g/mol. The average molecular weight is 380 g/mol. The number of carbonyl (C=O) groups excluding carboxylic acids is 2. The van der Waals surface area contributed by atoms with Gasteiger partial charge in [-0.3, -0.25) is 9.59 Å². The predicted molar refractivity (Wildman–Crippen MR) is 105 cm³/mol. The van der Waals surface area contributed by atoms with Crippen LogP contribution in [0.15, 0.2) is 60.5 Å². The van der Waals surface area contributed by atoms with Gasteiger partial charge in [0.25, 0.3) is 5.91 Å². The molecule has 0 aliphatic carbocycles. The molecule has 3 aromatic rings. The zero-order chi connectivity index (χ0) is 18.6. The van der Waals surface area contributed by atoms with Crippen molar-refractivity contribution >= 4 is 28.8 Å². The normalized spacial score (nSPS) is 16.9. The summed E-state index contributed by atoms with van der Waals surface area (Å²) in [7, 11) is 0. The lowest BCUT2D eigenvalue weighted by Crippen LogP contribution is -2.43. The van der Waals surface area contributed by atoms with Gasteiger partial charge < -0.3 is 14.8 Å². The Balaban J connectivity index is 1.47. The van der Waals surface area contributed by atoms with Gasteiger partial charge in [0.2, 0.25) is 5.91 Å². The van der Waals surface area contributed by atoms with Gasteiger partial charge in [-0.1, -0.05) is 18.2 Å². The van der Waals surface area contributed by atoms with Crippen molar-refractivity contribution in [2.24, 2.45) is 5.92 Å². The van der Waals surface area contributed by atoms with Gasteiger partial charge >= 0.3 is 0 Å². The highest BCUT2D eigenvalue weighted by atomic mass is 32.1. The molecule has 4 rings (SSSR count). The number of rotatable bonds is 4. The maximum atomic E-state index is 12.9. The molecule has 0 saturated carbocycles. The van der Waals surface area contributed by atoms with Crippen molar-refractivity contribution < 1.29 is 9.59 Å². The molecule has 0 bridgehead atoms. The zero-order valence-corrected chi connectivity index (χ0v) is 15.6. The van der Waals surface area contributed by atoms with Crippen molar-refractivity contribution in [3.8, 4) is 5.69 Å². The number of hydrogen-bond acceptors (Lipinski definition) is 4. The van der Waals surface area contributed by atoms with Crippen LogP contribution in [0.3, 0.4) is 0 Å². The minimum Gasteiger partial charge on any atom is -0.337 e. The molecular formula is C20H20N4O2S. The number of amides is 2. The summed E-state index contributed by atoms with van der Waals surface area (Å²) in [6, 6.07) is 11.3. The monoisotopic (exact) mass is 380 g/mol. The SMILES string of the molecule is O=C(Nc1ccccc1-n1ccnc1)C1CCCN(C(=O)c2cccs2)C1. The third-order valence-electron chi connectivity index (χ3n) is 4.76. The summed E-state index contributed by atoms with van der Waals surface area (Å²) in [5, 5.41) is 4.94. The lowest BCUT2D eigenvalue weighted by molar-refractivity contribution is -0.121. The third-order valence-corrected chi connectivity index (χ3v) is 5.61. The van der Waals surface area contributed by atoms with E-state index in [0.29, 0.717) is 13.1 Å². The van der Waals surface area contributed by atoms with Crippen molar-refractivity contribution in [2.75, 3.05) is 18.4 Å². The van der Waals surface area contributed by atoms with Gasteiger partial charge in [-0.15, -0.1) is 11.3 Å². The number of nitrogens with one attached hydrogen (secondary N) is 1. The van der Waals surface area contributed by atoms with Crippen LogP contribution in [0.1, 0.15) is 22.5 Å². The standard InChI is InChI=1S/C20H20N4O2S/c25-19(22-16-6-1-2-7-17(16)24-11-9-21-14-24)15-5-3-10-23(13-15)20(26)18-8-4-12-27-18/h1-2,4,6-9,11-12,14-15H,3,5,10,13H2,(H,22,25). The molecule has 7 heteroatoms. The Morgan fingerprint density at radius 3 is 2.85 bits per heavy atom. The molecule has 2 aromatic heterocycles. The van der Waals surface area contributed by atoms with Crippen LogP contribution < -0.4 is 5.32 Å². The molecule has 1 aromatic carbocycles. The van der Waals surface area contributed by atoms with E-state index in [1.54, 1.807) is 17.4 Å². The summed E-state index contributed by atoms with van der Waals surface area (Å²) in [6.07, 6.45) is 6.86. The summed E-state index contributed by atoms with van der Waals surface area (Å²) < 4.78 is 1.86. The number of imidazole rings is 1. The van der Waals surface area contributed by atoms with Gasteiger partial charge in [-0.05, 0) is 36.4 Å². The van der Waals surface area contributed by atoms with E-state index in [1.807, 2.05) is 52.5 Å². The van der Waals surface area contributed by atoms with E-state index in [0.717, 1.165) is 29.1 Å². The first-order valence-electron chi connectivity index (χ1n) is 8.93. The number of carbonyl (C=O) groups is 2. The average Bonchev–Trinajstić information content (AvgIpc) is 3.42. The quantitative estimate of drug-likeness (QED) is 0.754. The number of benzene rings is 1. The fraction of sp³-hybridized carbons (Fsp3) is 0.250. The van der Waals surface area contributed by atoms with Gasteiger partial charge in [0, 0.05) is 25.5 Å². The molecule has 138 valence electrons. The van der Waals surface area contributed by atoms with Crippen LogP contribution in [0.25, 0.3) is 5.69 Å². The summed E-state index contributed by atoms with van der Waals surface area (Å²) in [6.45, 7) is 1.15. The maximum Gasteiger partial charge on any atom is 0.263 e. The highest BCUT2D eigenvalue weighted by molar-refractivity contribution is 7.12. The van der Waals surface area contributed by atoms with Crippen LogP contribution in [-0.2, 0) is 4.79 Å². The van der Waals surface area contributed by atoms with E-state index in [-0.39, 0.29) is 17.7 Å². The Bertz CT molecular complexity index is 921. The maximum absolute atomic E-state index is 12.9. The van der Waals surface area contributed by atoms with Crippen LogP contribution >= 0.6 is 11.3 Å². The van der Waals surface area contributed by atoms with E-state index in [4.69, 9.17) is 0 Å². The third kappa shape index (κ3) is 3.78. The lowest BCUT2D eigenvalue weighted by Gasteiger charge is -2.32. The van der Waals surface area contributed by atoms with Crippen molar-refractivity contribution in [2.45, 2.75) is 12.8 Å². The van der Waals surface area contributed by atoms with E-state index >= 15 is 0 Å². The van der Waals surface area contributed by atoms with Gasteiger partial charge in [-0.25, -0.2) is 4.98 Å². The Labute approximate surface area is 161 Å². The Hall–Kier alpha value is -2.93. The van der Waals surface area contributed by atoms with Crippen molar-refractivity contribution in [3.63, 3.8) is 0 Å². The largest absolute Gasteiger partial charge is 0.337 e. The van der Waals surface area contributed by atoms with Crippen LogP contribution in [0.5, 0.6) is 0 Å². The summed E-state index contributed by atoms with van der Waals surface area (Å²) in [5.74, 6) is -0.244. The van der Waals surface area contributed by atoms with E-state index in [9.17, 15) is 9.59 Å². The topological polar surface area (TPSA) is 67.2 Å². The summed E-state index contributed by atoms with van der Waals surface area (Å²) >= 11 is 1.44. The summed E-state index contributed by atoms with van der Waals surface area (Å²) in [4.78, 5) is 32.0. The van der Waals surface area contributed by atoms with E-state index in [2.05, 4.69) is 10.3 Å². The number of thiophene rings is 1. The molecule has 2 amide bonds. The molecule has 1 N–H and O–H groups in total. The van der Waals surface area contributed by atoms with Gasteiger partial charge in [0.15, 0.2) is 0 Å². The molecule has 27 heavy (non-hydrogen) atoms. The highest BCUT2D eigenvalue weighted by Gasteiger charge is 2.29. The number of hydrogen-bond donors (Lipinski definition) is 1. The first-order chi connectivity index (χ1) is 13.2.